The lowest BCUT2D eigenvalue weighted by atomic mass is 10.1. The van der Waals surface area contributed by atoms with E-state index in [1.807, 2.05) is 55.5 Å². The van der Waals surface area contributed by atoms with Gasteiger partial charge in [-0.25, -0.2) is 13.2 Å². The quantitative estimate of drug-likeness (QED) is 0.533. The molecule has 0 aliphatic carbocycles. The number of hydrogen-bond donors (Lipinski definition) is 0. The Morgan fingerprint density at radius 3 is 2.18 bits per heavy atom. The average Bonchev–Trinajstić information content (AvgIpc) is 3.21. The van der Waals surface area contributed by atoms with Crippen LogP contribution in [0.25, 0.3) is 0 Å². The number of ether oxygens (including phenoxy) is 1. The Labute approximate surface area is 200 Å². The zero-order chi connectivity index (χ0) is 24.0. The summed E-state index contributed by atoms with van der Waals surface area (Å²) in [6.45, 7) is 2.41. The Bertz CT molecular complexity index is 1410. The summed E-state index contributed by atoms with van der Waals surface area (Å²) in [5, 5.41) is 0. The fraction of sp³-hybridized carbons (Fsp3) is 0.179. The molecule has 1 saturated heterocycles. The predicted molar refractivity (Wildman–Crippen MR) is 131 cm³/mol. The average molecular weight is 470 g/mol. The van der Waals surface area contributed by atoms with Crippen LogP contribution in [0, 0.1) is 30.6 Å². The Morgan fingerprint density at radius 2 is 1.50 bits per heavy atom. The standard InChI is InChI=1S/C28H23NO4S/c1-22-15-17-26(18-16-22)34(31,32)20-8-14-24-10-6-5-9-23(24)13-7-19-29-27(21-33-28(29)30)25-11-3-2-4-12-25/h2-6,9-12,15-18,27H,19-21H2,1H3/t27-/m1/s1. The minimum absolute atomic E-state index is 0.176. The number of hydrogen-bond acceptors (Lipinski definition) is 4. The fourth-order valence-corrected chi connectivity index (χ4v) is 4.53. The van der Waals surface area contributed by atoms with Gasteiger partial charge in [0.1, 0.15) is 12.4 Å². The molecule has 6 heteroatoms. The van der Waals surface area contributed by atoms with Gasteiger partial charge in [0.15, 0.2) is 9.84 Å². The summed E-state index contributed by atoms with van der Waals surface area (Å²) >= 11 is 0. The van der Waals surface area contributed by atoms with Crippen molar-refractivity contribution in [1.82, 2.24) is 4.90 Å². The fourth-order valence-electron chi connectivity index (χ4n) is 3.55. The molecule has 1 amide bonds. The van der Waals surface area contributed by atoms with Crippen LogP contribution in [-0.2, 0) is 14.6 Å². The first-order chi connectivity index (χ1) is 16.4. The highest BCUT2D eigenvalue weighted by atomic mass is 32.2. The van der Waals surface area contributed by atoms with E-state index in [4.69, 9.17) is 4.74 Å². The zero-order valence-electron chi connectivity index (χ0n) is 18.7. The SMILES string of the molecule is Cc1ccc(S(=O)(=O)CC#Cc2ccccc2C#CCN2C(=O)OC[C@@H]2c2ccccc2)cc1. The minimum atomic E-state index is -3.49. The molecule has 1 aliphatic heterocycles. The third-order valence-corrected chi connectivity index (χ3v) is 6.94. The van der Waals surface area contributed by atoms with Crippen molar-refractivity contribution in [3.63, 3.8) is 0 Å². The Balaban J connectivity index is 1.48. The van der Waals surface area contributed by atoms with Crippen molar-refractivity contribution < 1.29 is 17.9 Å². The van der Waals surface area contributed by atoms with Gasteiger partial charge in [-0.05, 0) is 36.8 Å². The van der Waals surface area contributed by atoms with E-state index in [2.05, 4.69) is 23.7 Å². The number of cyclic esters (lactones) is 1. The van der Waals surface area contributed by atoms with Crippen LogP contribution in [0.15, 0.2) is 83.8 Å². The predicted octanol–water partition coefficient (Wildman–Crippen LogP) is 4.37. The van der Waals surface area contributed by atoms with Crippen molar-refractivity contribution in [3.8, 4) is 23.7 Å². The van der Waals surface area contributed by atoms with E-state index in [0.29, 0.717) is 17.7 Å². The van der Waals surface area contributed by atoms with Gasteiger partial charge in [-0.1, -0.05) is 83.8 Å². The Kier molecular flexibility index (Phi) is 7.01. The molecule has 170 valence electrons. The van der Waals surface area contributed by atoms with Crippen LogP contribution in [0.3, 0.4) is 0 Å². The van der Waals surface area contributed by atoms with Crippen molar-refractivity contribution in [2.75, 3.05) is 18.9 Å². The monoisotopic (exact) mass is 469 g/mol. The molecule has 1 fully saturated rings. The zero-order valence-corrected chi connectivity index (χ0v) is 19.5. The molecule has 3 aromatic rings. The maximum atomic E-state index is 12.5. The van der Waals surface area contributed by atoms with E-state index >= 15 is 0 Å². The second kappa shape index (κ2) is 10.3. The first kappa shape index (κ1) is 23.2. The van der Waals surface area contributed by atoms with Gasteiger partial charge in [0.05, 0.1) is 17.5 Å². The summed E-state index contributed by atoms with van der Waals surface area (Å²) in [4.78, 5) is 14.1. The molecule has 34 heavy (non-hydrogen) atoms. The van der Waals surface area contributed by atoms with Crippen molar-refractivity contribution >= 4 is 15.9 Å². The van der Waals surface area contributed by atoms with Crippen molar-refractivity contribution in [1.29, 1.82) is 0 Å². The third kappa shape index (κ3) is 5.49. The van der Waals surface area contributed by atoms with Gasteiger partial charge in [-0.15, -0.1) is 0 Å². The number of rotatable bonds is 4. The van der Waals surface area contributed by atoms with Crippen LogP contribution >= 0.6 is 0 Å². The molecule has 5 nitrogen and oxygen atoms in total. The van der Waals surface area contributed by atoms with Crippen molar-refractivity contribution in [2.45, 2.75) is 17.9 Å². The maximum absolute atomic E-state index is 12.5. The molecule has 0 N–H and O–H groups in total. The van der Waals surface area contributed by atoms with Gasteiger partial charge in [-0.2, -0.15) is 0 Å². The van der Waals surface area contributed by atoms with Gasteiger partial charge in [0, 0.05) is 11.1 Å². The summed E-state index contributed by atoms with van der Waals surface area (Å²) < 4.78 is 30.3. The molecule has 0 aromatic heterocycles. The third-order valence-electron chi connectivity index (χ3n) is 5.42. The number of benzene rings is 3. The minimum Gasteiger partial charge on any atom is -0.447 e. The van der Waals surface area contributed by atoms with E-state index in [9.17, 15) is 13.2 Å². The number of nitrogens with zero attached hydrogens (tertiary/aromatic N) is 1. The normalized spacial score (nSPS) is 15.0. The Hall–Kier alpha value is -4.00. The van der Waals surface area contributed by atoms with Gasteiger partial charge in [0.2, 0.25) is 0 Å². The molecule has 0 saturated carbocycles. The van der Waals surface area contributed by atoms with Crippen LogP contribution in [0.2, 0.25) is 0 Å². The smallest absolute Gasteiger partial charge is 0.411 e. The first-order valence-corrected chi connectivity index (χ1v) is 12.4. The molecule has 1 aliphatic rings. The molecular formula is C28H23NO4S. The highest BCUT2D eigenvalue weighted by Gasteiger charge is 2.33. The van der Waals surface area contributed by atoms with Crippen LogP contribution < -0.4 is 0 Å². The second-order valence-corrected chi connectivity index (χ2v) is 9.84. The lowest BCUT2D eigenvalue weighted by molar-refractivity contribution is 0.161. The number of amides is 1. The topological polar surface area (TPSA) is 63.7 Å². The number of carbonyl (C=O) groups is 1. The largest absolute Gasteiger partial charge is 0.447 e. The summed E-state index contributed by atoms with van der Waals surface area (Å²) in [5.74, 6) is 11.5. The summed E-state index contributed by atoms with van der Waals surface area (Å²) in [6, 6.07) is 23.5. The van der Waals surface area contributed by atoms with Gasteiger partial charge < -0.3 is 4.74 Å². The molecule has 0 unspecified atom stereocenters. The van der Waals surface area contributed by atoms with E-state index in [1.54, 1.807) is 35.2 Å². The van der Waals surface area contributed by atoms with Crippen LogP contribution in [-0.4, -0.2) is 38.3 Å². The summed E-state index contributed by atoms with van der Waals surface area (Å²) in [6.07, 6.45) is -0.391. The molecule has 0 bridgehead atoms. The van der Waals surface area contributed by atoms with Crippen LogP contribution in [0.4, 0.5) is 4.79 Å². The molecule has 0 radical (unpaired) electrons. The number of sulfone groups is 1. The Morgan fingerprint density at radius 1 is 0.882 bits per heavy atom. The number of aryl methyl sites for hydroxylation is 1. The van der Waals surface area contributed by atoms with Gasteiger partial charge in [-0.3, -0.25) is 4.90 Å². The molecule has 4 rings (SSSR count). The first-order valence-electron chi connectivity index (χ1n) is 10.8. The van der Waals surface area contributed by atoms with Gasteiger partial charge in [0.25, 0.3) is 0 Å². The maximum Gasteiger partial charge on any atom is 0.411 e. The van der Waals surface area contributed by atoms with Crippen LogP contribution in [0.5, 0.6) is 0 Å². The van der Waals surface area contributed by atoms with Crippen molar-refractivity contribution in [3.05, 3.63) is 101 Å². The number of carbonyl (C=O) groups excluding carboxylic acids is 1. The van der Waals surface area contributed by atoms with Gasteiger partial charge >= 0.3 is 6.09 Å². The van der Waals surface area contributed by atoms with Crippen LogP contribution in [0.1, 0.15) is 28.3 Å². The highest BCUT2D eigenvalue weighted by molar-refractivity contribution is 7.91. The summed E-state index contributed by atoms with van der Waals surface area (Å²) in [5.41, 5.74) is 3.30. The van der Waals surface area contributed by atoms with E-state index in [-0.39, 0.29) is 23.2 Å². The molecule has 1 heterocycles. The second-order valence-electron chi connectivity index (χ2n) is 7.85. The van der Waals surface area contributed by atoms with E-state index in [1.165, 1.54) is 0 Å². The molecular weight excluding hydrogens is 446 g/mol. The van der Waals surface area contributed by atoms with E-state index < -0.39 is 15.9 Å². The molecule has 0 spiro atoms. The molecule has 3 aromatic carbocycles. The lowest BCUT2D eigenvalue weighted by Gasteiger charge is -2.18. The lowest BCUT2D eigenvalue weighted by Crippen LogP contribution is -2.27. The van der Waals surface area contributed by atoms with E-state index in [0.717, 1.165) is 11.1 Å². The summed E-state index contributed by atoms with van der Waals surface area (Å²) in [7, 11) is -3.49. The highest BCUT2D eigenvalue weighted by Crippen LogP contribution is 2.26. The molecule has 1 atom stereocenters. The van der Waals surface area contributed by atoms with Crippen molar-refractivity contribution in [2.24, 2.45) is 0 Å².